The number of aromatic nitrogens is 1. The molecule has 1 unspecified atom stereocenters. The van der Waals surface area contributed by atoms with Gasteiger partial charge in [0.05, 0.1) is 30.0 Å². The van der Waals surface area contributed by atoms with E-state index in [0.29, 0.717) is 18.2 Å². The van der Waals surface area contributed by atoms with E-state index in [1.807, 2.05) is 19.1 Å². The van der Waals surface area contributed by atoms with Gasteiger partial charge in [-0.25, -0.2) is 4.98 Å². The maximum Gasteiger partial charge on any atom is 0.126 e. The maximum atomic E-state index is 6.09. The third-order valence-electron chi connectivity index (χ3n) is 2.84. The van der Waals surface area contributed by atoms with Crippen molar-refractivity contribution < 1.29 is 9.47 Å². The van der Waals surface area contributed by atoms with Gasteiger partial charge < -0.3 is 14.8 Å². The van der Waals surface area contributed by atoms with Crippen LogP contribution in [0.2, 0.25) is 5.02 Å². The highest BCUT2D eigenvalue weighted by Gasteiger charge is 2.15. The fourth-order valence-corrected chi connectivity index (χ4v) is 2.09. The zero-order chi connectivity index (χ0) is 12.8. The molecular formula is C13H19ClN2O2. The van der Waals surface area contributed by atoms with Crippen molar-refractivity contribution >= 4 is 17.4 Å². The first-order valence-electron chi connectivity index (χ1n) is 6.38. The molecule has 1 atom stereocenters. The number of ether oxygens (including phenoxy) is 2. The molecule has 0 aliphatic carbocycles. The molecule has 2 rings (SSSR count). The van der Waals surface area contributed by atoms with Crippen LogP contribution in [0.1, 0.15) is 25.5 Å². The second-order valence-electron chi connectivity index (χ2n) is 4.31. The van der Waals surface area contributed by atoms with Gasteiger partial charge in [-0.15, -0.1) is 0 Å². The lowest BCUT2D eigenvalue weighted by Crippen LogP contribution is -2.14. The molecule has 0 radical (unpaired) electrons. The van der Waals surface area contributed by atoms with Crippen LogP contribution >= 0.6 is 11.6 Å². The lowest BCUT2D eigenvalue weighted by Gasteiger charge is -2.11. The summed E-state index contributed by atoms with van der Waals surface area (Å²) < 4.78 is 11.1. The molecule has 100 valence electrons. The Labute approximate surface area is 113 Å². The van der Waals surface area contributed by atoms with Crippen molar-refractivity contribution in [3.8, 4) is 0 Å². The van der Waals surface area contributed by atoms with Crippen molar-refractivity contribution in [2.24, 2.45) is 0 Å². The summed E-state index contributed by atoms with van der Waals surface area (Å²) in [5.74, 6) is 0.831. The first-order valence-corrected chi connectivity index (χ1v) is 6.76. The van der Waals surface area contributed by atoms with Gasteiger partial charge in [-0.2, -0.15) is 0 Å². The number of hydrogen-bond donors (Lipinski definition) is 1. The second kappa shape index (κ2) is 6.92. The molecule has 1 aromatic rings. The van der Waals surface area contributed by atoms with Crippen molar-refractivity contribution in [3.63, 3.8) is 0 Å². The fourth-order valence-electron chi connectivity index (χ4n) is 1.93. The van der Waals surface area contributed by atoms with E-state index in [1.165, 1.54) is 0 Å². The third kappa shape index (κ3) is 3.83. The summed E-state index contributed by atoms with van der Waals surface area (Å²) in [6.45, 7) is 4.76. The summed E-state index contributed by atoms with van der Waals surface area (Å²) in [5.41, 5.74) is 0.771. The number of nitrogens with one attached hydrogen (secondary N) is 1. The van der Waals surface area contributed by atoms with Gasteiger partial charge in [0.15, 0.2) is 0 Å². The van der Waals surface area contributed by atoms with Crippen LogP contribution in [0.15, 0.2) is 12.1 Å². The standard InChI is InChI=1S/C13H19ClN2O2/c1-2-15-13-6-5-11(14)12(16-13)9-17-8-10-4-3-7-18-10/h5-6,10H,2-4,7-9H2,1H3,(H,15,16). The Morgan fingerprint density at radius 3 is 3.17 bits per heavy atom. The van der Waals surface area contributed by atoms with Crippen LogP contribution in [0.3, 0.4) is 0 Å². The van der Waals surface area contributed by atoms with E-state index in [1.54, 1.807) is 0 Å². The molecule has 0 spiro atoms. The first-order chi connectivity index (χ1) is 8.79. The normalized spacial score (nSPS) is 19.1. The summed E-state index contributed by atoms with van der Waals surface area (Å²) in [7, 11) is 0. The maximum absolute atomic E-state index is 6.09. The predicted octanol–water partition coefficient (Wildman–Crippen LogP) is 2.86. The molecule has 0 amide bonds. The van der Waals surface area contributed by atoms with Crippen molar-refractivity contribution in [3.05, 3.63) is 22.8 Å². The molecule has 1 aliphatic rings. The second-order valence-corrected chi connectivity index (χ2v) is 4.71. The Morgan fingerprint density at radius 1 is 1.56 bits per heavy atom. The average molecular weight is 271 g/mol. The molecular weight excluding hydrogens is 252 g/mol. The van der Waals surface area contributed by atoms with E-state index in [9.17, 15) is 0 Å². The molecule has 1 fully saturated rings. The minimum Gasteiger partial charge on any atom is -0.376 e. The van der Waals surface area contributed by atoms with E-state index < -0.39 is 0 Å². The smallest absolute Gasteiger partial charge is 0.126 e. The van der Waals surface area contributed by atoms with Gasteiger partial charge in [0, 0.05) is 13.2 Å². The Balaban J connectivity index is 1.85. The largest absolute Gasteiger partial charge is 0.376 e. The van der Waals surface area contributed by atoms with Crippen LogP contribution in [0, 0.1) is 0 Å². The number of anilines is 1. The third-order valence-corrected chi connectivity index (χ3v) is 3.19. The van der Waals surface area contributed by atoms with E-state index >= 15 is 0 Å². The van der Waals surface area contributed by atoms with Gasteiger partial charge in [0.2, 0.25) is 0 Å². The molecule has 18 heavy (non-hydrogen) atoms. The van der Waals surface area contributed by atoms with Crippen molar-refractivity contribution in [2.75, 3.05) is 25.1 Å². The van der Waals surface area contributed by atoms with Crippen molar-refractivity contribution in [1.82, 2.24) is 4.98 Å². The van der Waals surface area contributed by atoms with E-state index in [4.69, 9.17) is 21.1 Å². The fraction of sp³-hybridized carbons (Fsp3) is 0.615. The Morgan fingerprint density at radius 2 is 2.44 bits per heavy atom. The summed E-state index contributed by atoms with van der Waals surface area (Å²) in [6.07, 6.45) is 2.45. The molecule has 1 saturated heterocycles. The Kier molecular flexibility index (Phi) is 5.23. The highest BCUT2D eigenvalue weighted by atomic mass is 35.5. The molecule has 0 bridgehead atoms. The predicted molar refractivity (Wildman–Crippen MR) is 72.0 cm³/mol. The summed E-state index contributed by atoms with van der Waals surface area (Å²) in [5, 5.41) is 3.80. The molecule has 1 aromatic heterocycles. The van der Waals surface area contributed by atoms with Crippen molar-refractivity contribution in [1.29, 1.82) is 0 Å². The zero-order valence-electron chi connectivity index (χ0n) is 10.6. The number of halogens is 1. The topological polar surface area (TPSA) is 43.4 Å². The monoisotopic (exact) mass is 270 g/mol. The summed E-state index contributed by atoms with van der Waals surface area (Å²) >= 11 is 6.09. The average Bonchev–Trinajstić information content (AvgIpc) is 2.86. The van der Waals surface area contributed by atoms with Crippen LogP contribution in [0.25, 0.3) is 0 Å². The number of rotatable bonds is 6. The molecule has 0 saturated carbocycles. The molecule has 2 heterocycles. The lowest BCUT2D eigenvalue weighted by atomic mass is 10.2. The van der Waals surface area contributed by atoms with E-state index in [0.717, 1.165) is 37.5 Å². The first kappa shape index (κ1) is 13.6. The van der Waals surface area contributed by atoms with Crippen LogP contribution < -0.4 is 5.32 Å². The summed E-state index contributed by atoms with van der Waals surface area (Å²) in [4.78, 5) is 4.42. The molecule has 5 heteroatoms. The van der Waals surface area contributed by atoms with Crippen molar-refractivity contribution in [2.45, 2.75) is 32.5 Å². The highest BCUT2D eigenvalue weighted by Crippen LogP contribution is 2.18. The van der Waals surface area contributed by atoms with Gasteiger partial charge in [0.1, 0.15) is 5.82 Å². The molecule has 4 nitrogen and oxygen atoms in total. The van der Waals surface area contributed by atoms with Gasteiger partial charge in [0.25, 0.3) is 0 Å². The van der Waals surface area contributed by atoms with E-state index in [2.05, 4.69) is 10.3 Å². The van der Waals surface area contributed by atoms with Crippen LogP contribution in [0.5, 0.6) is 0 Å². The highest BCUT2D eigenvalue weighted by molar-refractivity contribution is 6.31. The Hall–Kier alpha value is -0.840. The van der Waals surface area contributed by atoms with Gasteiger partial charge in [-0.3, -0.25) is 0 Å². The lowest BCUT2D eigenvalue weighted by molar-refractivity contribution is 0.00970. The minimum absolute atomic E-state index is 0.237. The van der Waals surface area contributed by atoms with Gasteiger partial charge >= 0.3 is 0 Å². The molecule has 0 aromatic carbocycles. The number of nitrogens with zero attached hydrogens (tertiary/aromatic N) is 1. The number of pyridine rings is 1. The Bertz CT molecular complexity index is 381. The molecule has 1 N–H and O–H groups in total. The molecule has 1 aliphatic heterocycles. The zero-order valence-corrected chi connectivity index (χ0v) is 11.4. The quantitative estimate of drug-likeness (QED) is 0.863. The van der Waals surface area contributed by atoms with Crippen LogP contribution in [-0.4, -0.2) is 30.8 Å². The van der Waals surface area contributed by atoms with Gasteiger partial charge in [-0.05, 0) is 31.9 Å². The number of hydrogen-bond acceptors (Lipinski definition) is 4. The van der Waals surface area contributed by atoms with Crippen LogP contribution in [0.4, 0.5) is 5.82 Å². The van der Waals surface area contributed by atoms with Gasteiger partial charge in [-0.1, -0.05) is 11.6 Å². The minimum atomic E-state index is 0.237. The van der Waals surface area contributed by atoms with E-state index in [-0.39, 0.29) is 6.10 Å². The van der Waals surface area contributed by atoms with Crippen LogP contribution in [-0.2, 0) is 16.1 Å². The SMILES string of the molecule is CCNc1ccc(Cl)c(COCC2CCCO2)n1. The summed E-state index contributed by atoms with van der Waals surface area (Å²) in [6, 6.07) is 3.72.